The highest BCUT2D eigenvalue weighted by Gasteiger charge is 2.38. The molecule has 1 N–H and O–H groups in total. The minimum absolute atomic E-state index is 0.614. The van der Waals surface area contributed by atoms with Crippen LogP contribution in [0.1, 0.15) is 45.4 Å². The Morgan fingerprint density at radius 3 is 2.38 bits per heavy atom. The number of hydrogen-bond acceptors (Lipinski definition) is 1. The second-order valence-electron chi connectivity index (χ2n) is 5.65. The molecule has 0 saturated heterocycles. The summed E-state index contributed by atoms with van der Waals surface area (Å²) in [5, 5.41) is 3.37. The maximum Gasteiger partial charge on any atom is 0.000236 e. The molecule has 1 nitrogen and oxygen atoms in total. The van der Waals surface area contributed by atoms with Crippen LogP contribution in [0.2, 0.25) is 0 Å². The molecule has 0 aromatic heterocycles. The maximum absolute atomic E-state index is 3.37. The summed E-state index contributed by atoms with van der Waals surface area (Å²) in [6, 6.07) is 0. The summed E-state index contributed by atoms with van der Waals surface area (Å²) in [5.41, 5.74) is 0.614. The average Bonchev–Trinajstić information content (AvgIpc) is 2.02. The third-order valence-electron chi connectivity index (χ3n) is 4.06. The van der Waals surface area contributed by atoms with E-state index in [0.717, 1.165) is 11.8 Å². The molecule has 2 fully saturated rings. The van der Waals surface area contributed by atoms with Crippen LogP contribution < -0.4 is 5.32 Å². The van der Waals surface area contributed by atoms with Crippen molar-refractivity contribution in [2.45, 2.75) is 45.4 Å². The molecule has 2 rings (SSSR count). The van der Waals surface area contributed by atoms with Gasteiger partial charge in [0.1, 0.15) is 0 Å². The van der Waals surface area contributed by atoms with Crippen LogP contribution in [0.5, 0.6) is 0 Å². The zero-order valence-electron chi connectivity index (χ0n) is 9.10. The van der Waals surface area contributed by atoms with Crippen molar-refractivity contribution in [1.29, 1.82) is 0 Å². The average molecular weight is 181 g/mol. The lowest BCUT2D eigenvalue weighted by atomic mass is 9.61. The van der Waals surface area contributed by atoms with Gasteiger partial charge in [-0.1, -0.05) is 26.2 Å². The first-order valence-corrected chi connectivity index (χ1v) is 5.86. The first-order valence-electron chi connectivity index (χ1n) is 5.86. The molecule has 0 radical (unpaired) electrons. The lowest BCUT2D eigenvalue weighted by Gasteiger charge is -2.45. The summed E-state index contributed by atoms with van der Waals surface area (Å²) in [6.07, 6.45) is 9.02. The molecular weight excluding hydrogens is 158 g/mol. The summed E-state index contributed by atoms with van der Waals surface area (Å²) in [4.78, 5) is 0. The smallest absolute Gasteiger partial charge is 0.000236 e. The Bertz CT molecular complexity index is 164. The molecule has 0 aromatic carbocycles. The van der Waals surface area contributed by atoms with Crippen LogP contribution in [0.15, 0.2) is 0 Å². The molecule has 0 spiro atoms. The van der Waals surface area contributed by atoms with Crippen molar-refractivity contribution >= 4 is 0 Å². The largest absolute Gasteiger partial charge is 0.319 e. The van der Waals surface area contributed by atoms with Gasteiger partial charge in [0, 0.05) is 6.54 Å². The molecule has 0 heterocycles. The van der Waals surface area contributed by atoms with Gasteiger partial charge in [-0.05, 0) is 43.6 Å². The molecule has 2 aliphatic carbocycles. The summed E-state index contributed by atoms with van der Waals surface area (Å²) in [7, 11) is 2.09. The van der Waals surface area contributed by atoms with Crippen molar-refractivity contribution in [2.75, 3.05) is 13.6 Å². The highest BCUT2D eigenvalue weighted by atomic mass is 14.8. The van der Waals surface area contributed by atoms with Crippen LogP contribution in [0, 0.1) is 17.3 Å². The van der Waals surface area contributed by atoms with E-state index >= 15 is 0 Å². The van der Waals surface area contributed by atoms with Gasteiger partial charge in [0.15, 0.2) is 0 Å². The van der Waals surface area contributed by atoms with E-state index in [4.69, 9.17) is 0 Å². The van der Waals surface area contributed by atoms with Crippen LogP contribution in [-0.4, -0.2) is 13.6 Å². The standard InChI is InChI=1S/C12H23N/c1-12(9-13-2)7-10-4-3-5-11(6-10)8-12/h10-11,13H,3-9H2,1-2H3/t10-,11+,12?. The molecule has 0 aliphatic heterocycles. The molecule has 3 atom stereocenters. The van der Waals surface area contributed by atoms with Crippen LogP contribution in [0.25, 0.3) is 0 Å². The van der Waals surface area contributed by atoms with Gasteiger partial charge in [-0.25, -0.2) is 0 Å². The summed E-state index contributed by atoms with van der Waals surface area (Å²) >= 11 is 0. The van der Waals surface area contributed by atoms with Crippen molar-refractivity contribution in [3.63, 3.8) is 0 Å². The number of hydrogen-bond donors (Lipinski definition) is 1. The fraction of sp³-hybridized carbons (Fsp3) is 1.00. The lowest BCUT2D eigenvalue weighted by molar-refractivity contribution is 0.0698. The number of fused-ring (bicyclic) bond motifs is 2. The van der Waals surface area contributed by atoms with Gasteiger partial charge < -0.3 is 5.32 Å². The van der Waals surface area contributed by atoms with E-state index < -0.39 is 0 Å². The lowest BCUT2D eigenvalue weighted by Crippen LogP contribution is -2.39. The molecule has 2 aliphatic rings. The van der Waals surface area contributed by atoms with Gasteiger partial charge in [0.25, 0.3) is 0 Å². The fourth-order valence-corrected chi connectivity index (χ4v) is 3.82. The van der Waals surface area contributed by atoms with Gasteiger partial charge in [0.2, 0.25) is 0 Å². The second kappa shape index (κ2) is 3.61. The van der Waals surface area contributed by atoms with E-state index in [2.05, 4.69) is 19.3 Å². The van der Waals surface area contributed by atoms with Gasteiger partial charge in [-0.3, -0.25) is 0 Å². The van der Waals surface area contributed by atoms with Gasteiger partial charge in [-0.15, -0.1) is 0 Å². The predicted octanol–water partition coefficient (Wildman–Crippen LogP) is 2.81. The molecular formula is C12H23N. The number of nitrogens with one attached hydrogen (secondary N) is 1. The van der Waals surface area contributed by atoms with Crippen molar-refractivity contribution in [1.82, 2.24) is 5.32 Å². The molecule has 0 amide bonds. The molecule has 2 saturated carbocycles. The van der Waals surface area contributed by atoms with Crippen molar-refractivity contribution in [3.8, 4) is 0 Å². The summed E-state index contributed by atoms with van der Waals surface area (Å²) < 4.78 is 0. The molecule has 1 heteroatoms. The minimum atomic E-state index is 0.614. The molecule has 2 bridgehead atoms. The normalized spacial score (nSPS) is 44.8. The van der Waals surface area contributed by atoms with E-state index in [1.165, 1.54) is 38.6 Å². The van der Waals surface area contributed by atoms with E-state index in [9.17, 15) is 0 Å². The van der Waals surface area contributed by atoms with Gasteiger partial charge >= 0.3 is 0 Å². The van der Waals surface area contributed by atoms with Gasteiger partial charge in [0.05, 0.1) is 0 Å². The molecule has 0 aromatic rings. The second-order valence-corrected chi connectivity index (χ2v) is 5.65. The quantitative estimate of drug-likeness (QED) is 0.690. The number of rotatable bonds is 2. The Balaban J connectivity index is 2.00. The zero-order valence-corrected chi connectivity index (χ0v) is 9.10. The Morgan fingerprint density at radius 1 is 1.23 bits per heavy atom. The third-order valence-corrected chi connectivity index (χ3v) is 4.06. The van der Waals surface area contributed by atoms with E-state index in [1.807, 2.05) is 0 Å². The topological polar surface area (TPSA) is 12.0 Å². The monoisotopic (exact) mass is 181 g/mol. The molecule has 76 valence electrons. The molecule has 13 heavy (non-hydrogen) atoms. The van der Waals surface area contributed by atoms with Crippen molar-refractivity contribution in [2.24, 2.45) is 17.3 Å². The Kier molecular flexibility index (Phi) is 2.64. The summed E-state index contributed by atoms with van der Waals surface area (Å²) in [6.45, 7) is 3.70. The van der Waals surface area contributed by atoms with E-state index in [1.54, 1.807) is 6.42 Å². The fourth-order valence-electron chi connectivity index (χ4n) is 3.82. The highest BCUT2D eigenvalue weighted by molar-refractivity contribution is 4.90. The Morgan fingerprint density at radius 2 is 1.85 bits per heavy atom. The van der Waals surface area contributed by atoms with Crippen LogP contribution >= 0.6 is 0 Å². The van der Waals surface area contributed by atoms with Crippen molar-refractivity contribution < 1.29 is 0 Å². The van der Waals surface area contributed by atoms with Crippen LogP contribution in [0.3, 0.4) is 0 Å². The van der Waals surface area contributed by atoms with Crippen LogP contribution in [-0.2, 0) is 0 Å². The maximum atomic E-state index is 3.37. The van der Waals surface area contributed by atoms with Gasteiger partial charge in [-0.2, -0.15) is 0 Å². The van der Waals surface area contributed by atoms with E-state index in [0.29, 0.717) is 5.41 Å². The van der Waals surface area contributed by atoms with Crippen LogP contribution in [0.4, 0.5) is 0 Å². The Hall–Kier alpha value is -0.0400. The minimum Gasteiger partial charge on any atom is -0.319 e. The first-order chi connectivity index (χ1) is 6.22. The van der Waals surface area contributed by atoms with E-state index in [-0.39, 0.29) is 0 Å². The van der Waals surface area contributed by atoms with Crippen molar-refractivity contribution in [3.05, 3.63) is 0 Å². The zero-order chi connectivity index (χ0) is 9.31. The predicted molar refractivity (Wildman–Crippen MR) is 56.7 cm³/mol. The molecule has 1 unspecified atom stereocenters. The SMILES string of the molecule is CNCC1(C)C[C@@H]2CCC[C@@H](C2)C1. The first kappa shape index (κ1) is 9.51. The third kappa shape index (κ3) is 2.07. The highest BCUT2D eigenvalue weighted by Crippen LogP contribution is 2.48. The Labute approximate surface area is 82.3 Å². The summed E-state index contributed by atoms with van der Waals surface area (Å²) in [5.74, 6) is 2.12.